The summed E-state index contributed by atoms with van der Waals surface area (Å²) < 4.78 is 5.66. The van der Waals surface area contributed by atoms with Crippen LogP contribution in [0.4, 0.5) is 5.69 Å². The van der Waals surface area contributed by atoms with Crippen LogP contribution in [0.3, 0.4) is 0 Å². The molecule has 148 valence electrons. The number of ether oxygens (including phenoxy) is 1. The number of nitrogens with zero attached hydrogens (tertiary/aromatic N) is 2. The van der Waals surface area contributed by atoms with Crippen molar-refractivity contribution in [1.82, 2.24) is 10.2 Å². The van der Waals surface area contributed by atoms with E-state index < -0.39 is 0 Å². The van der Waals surface area contributed by atoms with Crippen LogP contribution in [0.25, 0.3) is 0 Å². The van der Waals surface area contributed by atoms with Crippen molar-refractivity contribution in [3.05, 3.63) is 24.3 Å². The maximum Gasteiger partial charge on any atom is 0.228 e. The second-order valence-corrected chi connectivity index (χ2v) is 7.38. The minimum Gasteiger partial charge on any atom is -0.492 e. The average Bonchev–Trinajstić information content (AvgIpc) is 3.08. The highest BCUT2D eigenvalue weighted by Crippen LogP contribution is 2.34. The number of carbonyl (C=O) groups excluding carboxylic acids is 2. The third-order valence-electron chi connectivity index (χ3n) is 5.54. The molecular formula is C21H31N3O3. The van der Waals surface area contributed by atoms with E-state index in [9.17, 15) is 9.59 Å². The monoisotopic (exact) mass is 373 g/mol. The quantitative estimate of drug-likeness (QED) is 0.797. The maximum absolute atomic E-state index is 13.0. The van der Waals surface area contributed by atoms with E-state index in [1.165, 1.54) is 0 Å². The van der Waals surface area contributed by atoms with E-state index in [4.69, 9.17) is 4.74 Å². The van der Waals surface area contributed by atoms with Crippen LogP contribution in [0.2, 0.25) is 0 Å². The summed E-state index contributed by atoms with van der Waals surface area (Å²) >= 11 is 0. The zero-order valence-corrected chi connectivity index (χ0v) is 16.4. The molecule has 0 aromatic heterocycles. The van der Waals surface area contributed by atoms with Crippen LogP contribution in [-0.2, 0) is 9.59 Å². The highest BCUT2D eigenvalue weighted by molar-refractivity contribution is 6.01. The first-order chi connectivity index (χ1) is 13.1. The number of rotatable bonds is 7. The van der Waals surface area contributed by atoms with Crippen LogP contribution >= 0.6 is 0 Å². The Hall–Kier alpha value is -2.08. The smallest absolute Gasteiger partial charge is 0.228 e. The Morgan fingerprint density at radius 3 is 2.67 bits per heavy atom. The molecule has 2 aliphatic rings. The third-order valence-corrected chi connectivity index (χ3v) is 5.54. The number of hydrogen-bond donors (Lipinski definition) is 1. The minimum atomic E-state index is -0.252. The number of amides is 2. The van der Waals surface area contributed by atoms with E-state index in [1.807, 2.05) is 36.1 Å². The van der Waals surface area contributed by atoms with Crippen molar-refractivity contribution in [2.75, 3.05) is 44.2 Å². The molecule has 1 aromatic carbocycles. The van der Waals surface area contributed by atoms with Gasteiger partial charge in [-0.25, -0.2) is 0 Å². The van der Waals surface area contributed by atoms with Gasteiger partial charge in [0.1, 0.15) is 5.75 Å². The number of piperidine rings is 1. The van der Waals surface area contributed by atoms with Gasteiger partial charge in [-0.3, -0.25) is 9.59 Å². The van der Waals surface area contributed by atoms with Crippen molar-refractivity contribution in [2.45, 2.75) is 33.1 Å². The molecule has 2 heterocycles. The lowest BCUT2D eigenvalue weighted by Crippen LogP contribution is -2.44. The zero-order chi connectivity index (χ0) is 19.2. The fourth-order valence-electron chi connectivity index (χ4n) is 4.03. The van der Waals surface area contributed by atoms with Gasteiger partial charge in [0.05, 0.1) is 18.2 Å². The van der Waals surface area contributed by atoms with E-state index in [1.54, 1.807) is 4.90 Å². The van der Waals surface area contributed by atoms with Gasteiger partial charge in [-0.2, -0.15) is 0 Å². The molecule has 0 saturated carbocycles. The van der Waals surface area contributed by atoms with Crippen LogP contribution in [0.5, 0.6) is 5.75 Å². The summed E-state index contributed by atoms with van der Waals surface area (Å²) in [5.74, 6) is 1.22. The normalized spacial score (nSPS) is 21.0. The van der Waals surface area contributed by atoms with Crippen LogP contribution in [0, 0.1) is 11.8 Å². The number of anilines is 1. The number of benzene rings is 1. The molecule has 1 unspecified atom stereocenters. The van der Waals surface area contributed by atoms with Crippen LogP contribution in [0.1, 0.15) is 33.1 Å². The summed E-state index contributed by atoms with van der Waals surface area (Å²) in [5, 5.41) is 3.40. The van der Waals surface area contributed by atoms with E-state index >= 15 is 0 Å². The first-order valence-electron chi connectivity index (χ1n) is 10.2. The van der Waals surface area contributed by atoms with Gasteiger partial charge in [-0.05, 0) is 50.9 Å². The summed E-state index contributed by atoms with van der Waals surface area (Å²) in [6.45, 7) is 8.65. The molecule has 0 aliphatic carbocycles. The van der Waals surface area contributed by atoms with Gasteiger partial charge in [-0.1, -0.05) is 19.1 Å². The Bertz CT molecular complexity index is 656. The van der Waals surface area contributed by atoms with Crippen molar-refractivity contribution in [3.63, 3.8) is 0 Å². The lowest BCUT2D eigenvalue weighted by Gasteiger charge is -2.33. The molecule has 0 bridgehead atoms. The molecule has 27 heavy (non-hydrogen) atoms. The van der Waals surface area contributed by atoms with Gasteiger partial charge < -0.3 is 19.9 Å². The van der Waals surface area contributed by atoms with Gasteiger partial charge >= 0.3 is 0 Å². The Balaban J connectivity index is 1.60. The second kappa shape index (κ2) is 9.22. The highest BCUT2D eigenvalue weighted by atomic mass is 16.5. The topological polar surface area (TPSA) is 61.9 Å². The molecule has 1 aromatic rings. The molecule has 3 rings (SSSR count). The molecule has 1 atom stereocenters. The lowest BCUT2D eigenvalue weighted by molar-refractivity contribution is -0.137. The average molecular weight is 373 g/mol. The maximum atomic E-state index is 13.0. The van der Waals surface area contributed by atoms with Crippen molar-refractivity contribution in [1.29, 1.82) is 0 Å². The fourth-order valence-corrected chi connectivity index (χ4v) is 4.03. The van der Waals surface area contributed by atoms with Gasteiger partial charge in [0.25, 0.3) is 0 Å². The van der Waals surface area contributed by atoms with Crippen LogP contribution < -0.4 is 15.0 Å². The molecule has 0 spiro atoms. The highest BCUT2D eigenvalue weighted by Gasteiger charge is 2.38. The first-order valence-corrected chi connectivity index (χ1v) is 10.2. The van der Waals surface area contributed by atoms with Crippen LogP contribution in [0.15, 0.2) is 24.3 Å². The van der Waals surface area contributed by atoms with Gasteiger partial charge in [0.15, 0.2) is 0 Å². The molecule has 6 heteroatoms. The van der Waals surface area contributed by atoms with Crippen molar-refractivity contribution in [2.24, 2.45) is 11.8 Å². The summed E-state index contributed by atoms with van der Waals surface area (Å²) in [6.07, 6.45) is 2.36. The molecule has 2 amide bonds. The van der Waals surface area contributed by atoms with Crippen molar-refractivity contribution < 1.29 is 14.3 Å². The molecule has 6 nitrogen and oxygen atoms in total. The summed E-state index contributed by atoms with van der Waals surface area (Å²) in [4.78, 5) is 29.2. The minimum absolute atomic E-state index is 0.00235. The lowest BCUT2D eigenvalue weighted by atomic mass is 9.95. The molecule has 1 N–H and O–H groups in total. The molecule has 2 fully saturated rings. The first kappa shape index (κ1) is 19.7. The number of hydrogen-bond acceptors (Lipinski definition) is 4. The Morgan fingerprint density at radius 1 is 1.22 bits per heavy atom. The van der Waals surface area contributed by atoms with E-state index in [0.717, 1.165) is 44.7 Å². The molecule has 2 saturated heterocycles. The SMILES string of the molecule is CCNCC1CCN(C(=O)C2CC(=O)N(c3ccccc3OCC)C2)CC1. The molecule has 2 aliphatic heterocycles. The molecular weight excluding hydrogens is 342 g/mol. The Labute approximate surface area is 161 Å². The zero-order valence-electron chi connectivity index (χ0n) is 16.4. The van der Waals surface area contributed by atoms with Gasteiger partial charge in [-0.15, -0.1) is 0 Å². The summed E-state index contributed by atoms with van der Waals surface area (Å²) in [6, 6.07) is 7.56. The van der Waals surface area contributed by atoms with Crippen molar-refractivity contribution in [3.8, 4) is 5.75 Å². The van der Waals surface area contributed by atoms with Crippen molar-refractivity contribution >= 4 is 17.5 Å². The van der Waals surface area contributed by atoms with Crippen LogP contribution in [-0.4, -0.2) is 56.0 Å². The van der Waals surface area contributed by atoms with E-state index in [-0.39, 0.29) is 24.2 Å². The summed E-state index contributed by atoms with van der Waals surface area (Å²) in [7, 11) is 0. The predicted octanol–water partition coefficient (Wildman–Crippen LogP) is 2.29. The molecule has 0 radical (unpaired) electrons. The van der Waals surface area contributed by atoms with Gasteiger partial charge in [0.2, 0.25) is 11.8 Å². The number of carbonyl (C=O) groups is 2. The number of nitrogens with one attached hydrogen (secondary N) is 1. The number of likely N-dealkylation sites (tertiary alicyclic amines) is 1. The number of para-hydroxylation sites is 2. The predicted molar refractivity (Wildman–Crippen MR) is 106 cm³/mol. The Morgan fingerprint density at radius 2 is 1.96 bits per heavy atom. The fraction of sp³-hybridized carbons (Fsp3) is 0.619. The van der Waals surface area contributed by atoms with E-state index in [0.29, 0.717) is 24.8 Å². The summed E-state index contributed by atoms with van der Waals surface area (Å²) in [5.41, 5.74) is 0.768. The van der Waals surface area contributed by atoms with E-state index in [2.05, 4.69) is 12.2 Å². The largest absolute Gasteiger partial charge is 0.492 e. The Kier molecular flexibility index (Phi) is 6.72. The standard InChI is InChI=1S/C21H31N3O3/c1-3-22-14-16-9-11-23(12-10-16)21(26)17-13-20(25)24(15-17)18-7-5-6-8-19(18)27-4-2/h5-8,16-17,22H,3-4,9-15H2,1-2H3. The second-order valence-electron chi connectivity index (χ2n) is 7.38. The van der Waals surface area contributed by atoms with Gasteiger partial charge in [0, 0.05) is 26.1 Å². The third kappa shape index (κ3) is 4.61.